The molecule has 0 atom stereocenters. The fraction of sp³-hybridized carbons (Fsp3) is 0.615. The van der Waals surface area contributed by atoms with E-state index in [0.29, 0.717) is 22.0 Å². The molecule has 4 aliphatic heterocycles. The van der Waals surface area contributed by atoms with Gasteiger partial charge >= 0.3 is 0 Å². The fourth-order valence-corrected chi connectivity index (χ4v) is 22.2. The van der Waals surface area contributed by atoms with Gasteiger partial charge < -0.3 is 32.1 Å². The molecule has 828 valence electrons. The van der Waals surface area contributed by atoms with Crippen molar-refractivity contribution in [1.29, 1.82) is 0 Å². The van der Waals surface area contributed by atoms with Gasteiger partial charge in [-0.1, -0.05) is 256 Å². The van der Waals surface area contributed by atoms with Crippen LogP contribution in [0, 0.1) is 21.7 Å². The molecular weight excluding hydrogens is 1880 g/mol. The molecule has 0 spiro atoms. The molecule has 18 nitrogen and oxygen atoms in total. The monoisotopic (exact) mass is 2090 g/mol. The average molecular weight is 2090 g/mol. The van der Waals surface area contributed by atoms with Gasteiger partial charge in [-0.05, 0) is 323 Å². The van der Waals surface area contributed by atoms with Crippen molar-refractivity contribution < 1.29 is 9.59 Å². The van der Waals surface area contributed by atoms with Crippen LogP contribution in [0.15, 0.2) is 109 Å². The zero-order chi connectivity index (χ0) is 113. The molecule has 0 fully saturated rings. The van der Waals surface area contributed by atoms with E-state index in [0.717, 1.165) is 148 Å². The second kappa shape index (κ2) is 46.6. The number of nitrogens with zero attached hydrogens (tertiary/aromatic N) is 8. The van der Waals surface area contributed by atoms with Crippen LogP contribution in [0.3, 0.4) is 0 Å². The predicted molar refractivity (Wildman–Crippen MR) is 650 cm³/mol. The van der Waals surface area contributed by atoms with Gasteiger partial charge in [0.05, 0.1) is 64.4 Å². The highest BCUT2D eigenvalue weighted by Gasteiger charge is 2.37. The van der Waals surface area contributed by atoms with Crippen molar-refractivity contribution in [2.24, 2.45) is 33.1 Å². The Hall–Kier alpha value is -9.02. The lowest BCUT2D eigenvalue weighted by atomic mass is 9.86. The third kappa shape index (κ3) is 36.6. The maximum Gasteiger partial charge on any atom is 0.251 e. The minimum Gasteiger partial charge on any atom is -0.380 e. The van der Waals surface area contributed by atoms with E-state index in [9.17, 15) is 9.59 Å². The Bertz CT molecular complexity index is 6140. The quantitative estimate of drug-likeness (QED) is 0.0709. The van der Waals surface area contributed by atoms with Crippen LogP contribution in [-0.4, -0.2) is 131 Å². The molecule has 6 aromatic heterocycles. The fourth-order valence-electron chi connectivity index (χ4n) is 19.6. The molecule has 2 amide bonds. The summed E-state index contributed by atoms with van der Waals surface area (Å²) < 4.78 is 2.64. The van der Waals surface area contributed by atoms with E-state index in [4.69, 9.17) is 21.4 Å². The van der Waals surface area contributed by atoms with Crippen LogP contribution < -0.4 is 22.1 Å². The van der Waals surface area contributed by atoms with Crippen LogP contribution in [0.1, 0.15) is 453 Å². The number of nitrogens with one attached hydrogen (secondary N) is 6. The molecule has 10 N–H and O–H groups in total. The van der Waals surface area contributed by atoms with Crippen LogP contribution >= 0.6 is 22.7 Å². The summed E-state index contributed by atoms with van der Waals surface area (Å²) in [5, 5.41) is 27.0. The molecule has 12 aromatic rings. The largest absolute Gasteiger partial charge is 0.380 e. The first-order valence-corrected chi connectivity index (χ1v) is 57.2. The average Bonchev–Trinajstić information content (AvgIpc) is 1.63. The first kappa shape index (κ1) is 124. The number of benzene rings is 6. The van der Waals surface area contributed by atoms with Crippen molar-refractivity contribution in [2.75, 3.05) is 36.8 Å². The van der Waals surface area contributed by atoms with Crippen LogP contribution in [0.4, 0.5) is 11.4 Å². The molecule has 16 rings (SSSR count). The summed E-state index contributed by atoms with van der Waals surface area (Å²) in [6.07, 6.45) is 8.26. The Kier molecular flexibility index (Phi) is 38.6. The zero-order valence-corrected chi connectivity index (χ0v) is 105. The van der Waals surface area contributed by atoms with Crippen molar-refractivity contribution in [3.8, 4) is 0 Å². The Labute approximate surface area is 917 Å². The lowest BCUT2D eigenvalue weighted by Gasteiger charge is -2.39. The van der Waals surface area contributed by atoms with Crippen molar-refractivity contribution in [3.05, 3.63) is 220 Å². The molecule has 0 bridgehead atoms. The number of aromatic amines is 4. The number of fused-ring (bicyclic) bond motifs is 8. The maximum atomic E-state index is 11.9. The Balaban J connectivity index is 0.000000190. The van der Waals surface area contributed by atoms with Crippen molar-refractivity contribution in [3.63, 3.8) is 0 Å². The number of amides is 2. The Morgan fingerprint density at radius 3 is 0.867 bits per heavy atom. The van der Waals surface area contributed by atoms with Crippen molar-refractivity contribution in [1.82, 2.24) is 59.9 Å². The number of carbonyl (C=O) groups excluding carboxylic acids is 2. The maximum absolute atomic E-state index is 11.9. The number of rotatable bonds is 8. The number of hydrogen-bond donors (Lipinski definition) is 8. The number of aromatic nitrogens is 8. The highest BCUT2D eigenvalue weighted by molar-refractivity contribution is 7.18. The minimum absolute atomic E-state index is 0.0797. The summed E-state index contributed by atoms with van der Waals surface area (Å²) in [7, 11) is 0. The molecule has 10 heterocycles. The number of H-pyrrole nitrogens is 4. The molecule has 6 aromatic carbocycles. The molecule has 20 heteroatoms. The molecule has 150 heavy (non-hydrogen) atoms. The van der Waals surface area contributed by atoms with Gasteiger partial charge in [0.15, 0.2) is 0 Å². The second-order valence-corrected chi connectivity index (χ2v) is 62.6. The van der Waals surface area contributed by atoms with E-state index < -0.39 is 0 Å². The molecule has 0 saturated heterocycles. The van der Waals surface area contributed by atoms with Gasteiger partial charge in [0.25, 0.3) is 11.8 Å². The van der Waals surface area contributed by atoms with Crippen LogP contribution in [-0.2, 0) is 110 Å². The van der Waals surface area contributed by atoms with Crippen LogP contribution in [0.2, 0.25) is 0 Å². The van der Waals surface area contributed by atoms with Gasteiger partial charge in [0, 0.05) is 154 Å². The molecule has 0 unspecified atom stereocenters. The highest BCUT2D eigenvalue weighted by atomic mass is 32.1. The lowest BCUT2D eigenvalue weighted by molar-refractivity contribution is 0.0992. The molecule has 0 aliphatic carbocycles. The summed E-state index contributed by atoms with van der Waals surface area (Å²) in [4.78, 5) is 50.2. The number of nitrogens with two attached hydrogens (primary N) is 2. The van der Waals surface area contributed by atoms with E-state index in [2.05, 4.69) is 490 Å². The minimum atomic E-state index is -0.357. The number of thiazole rings is 2. The second-order valence-electron chi connectivity index (χ2n) is 60.4. The van der Waals surface area contributed by atoms with Gasteiger partial charge in [-0.3, -0.25) is 39.4 Å². The SMILES string of the molecule is CC(C)(C)Cc1[nH]c2cc(C(C)(C)C)ccc2c1C(N)=O.CC(C)(C)Cc1[nH]c2cc(C(C)(C)C)ccc2c1C(N)=O.CC(C)(C)Cc1nc2ccc(C(C)(C)C)cc2s1.CC(C)(C)Cc1nc2ccc(C(C)(C)C)cc2s1.CC(C)(C)Nc1ccc2c(c1)CCN(C(C)(C)C)C2.CC(C)(C)Nc1ccc2c(c1)CCN(C(C)(C)C)C2.CC(C)(C)c1n[nH]c2c1CCN(C(C)(C)C)C2.CC(C)(C)c1n[nH]c2c1CCN(C(C)(C)C)C2. The van der Waals surface area contributed by atoms with Crippen molar-refractivity contribution >= 4 is 88.1 Å². The first-order chi connectivity index (χ1) is 68.0. The summed E-state index contributed by atoms with van der Waals surface area (Å²) in [6.45, 7) is 116. The third-order valence-electron chi connectivity index (χ3n) is 27.9. The molecule has 0 radical (unpaired) electrons. The molecule has 4 aliphatic rings. The Morgan fingerprint density at radius 1 is 0.320 bits per heavy atom. The summed E-state index contributed by atoms with van der Waals surface area (Å²) in [5.74, 6) is -0.715. The van der Waals surface area contributed by atoms with Crippen molar-refractivity contribution in [2.45, 2.75) is 476 Å². The zero-order valence-electron chi connectivity index (χ0n) is 103. The predicted octanol–water partition coefficient (Wildman–Crippen LogP) is 32.5. The summed E-state index contributed by atoms with van der Waals surface area (Å²) >= 11 is 3.69. The van der Waals surface area contributed by atoms with Gasteiger partial charge in [-0.15, -0.1) is 22.7 Å². The van der Waals surface area contributed by atoms with Gasteiger partial charge in [-0.25, -0.2) is 9.97 Å². The Morgan fingerprint density at radius 2 is 0.600 bits per heavy atom. The van der Waals surface area contributed by atoms with Gasteiger partial charge in [-0.2, -0.15) is 10.2 Å². The van der Waals surface area contributed by atoms with Gasteiger partial charge in [0.1, 0.15) is 0 Å². The normalized spacial score (nSPS) is 15.3. The number of hydrogen-bond acceptors (Lipinski definition) is 14. The van der Waals surface area contributed by atoms with E-state index >= 15 is 0 Å². The first-order valence-electron chi connectivity index (χ1n) is 55.6. The van der Waals surface area contributed by atoms with E-state index in [1.807, 2.05) is 34.8 Å². The summed E-state index contributed by atoms with van der Waals surface area (Å²) in [5.41, 5.74) is 43.4. The number of primary amides is 2. The van der Waals surface area contributed by atoms with E-state index in [-0.39, 0.29) is 88.4 Å². The summed E-state index contributed by atoms with van der Waals surface area (Å²) in [6, 6.07) is 39.5. The standard InChI is InChI=1S/2C18H26N2O.2C17H28N2.2C16H23NS.2C14H25N3/c2*1-17(2,3)10-14-15(16(19)21)12-8-7-11(18(4,5)6)9-13(12)20-14;2*1-16(2,3)18-15-8-7-14-12-19(17(4,5)6)10-9-13(14)11-15;2*1-15(2,3)10-14-17-12-8-7-11(16(4,5)6)9-13(12)18-14;2*1-13(2,3)12-10-7-8-17(14(4,5)6)9-11(10)15-16-12/h2*7-9,20H,10H2,1-6H3,(H2,19,21);2*7-8,11,18H,9-10,12H2,1-6H3;2*7-9H,10H2,1-6H3;2*7-9H2,1-6H3,(H,15,16). The lowest BCUT2D eigenvalue weighted by Crippen LogP contribution is -2.44. The van der Waals surface area contributed by atoms with Gasteiger partial charge in [0.2, 0.25) is 0 Å². The number of anilines is 2. The van der Waals surface area contributed by atoms with Crippen LogP contribution in [0.5, 0.6) is 0 Å². The highest BCUT2D eigenvalue weighted by Crippen LogP contribution is 2.42. The van der Waals surface area contributed by atoms with E-state index in [1.165, 1.54) is 109 Å². The topological polar surface area (TPSA) is 238 Å². The van der Waals surface area contributed by atoms with Crippen LogP contribution in [0.25, 0.3) is 42.2 Å². The smallest absolute Gasteiger partial charge is 0.251 e. The molecule has 0 saturated carbocycles. The van der Waals surface area contributed by atoms with E-state index in [1.54, 1.807) is 0 Å². The third-order valence-corrected chi connectivity index (χ3v) is 29.9. The number of carbonyl (C=O) groups is 2. The molecular formula is C130H204N16O2S2.